The van der Waals surface area contributed by atoms with Crippen LogP contribution in [-0.2, 0) is 19.2 Å². The summed E-state index contributed by atoms with van der Waals surface area (Å²) in [6.07, 6.45) is 2.59. The van der Waals surface area contributed by atoms with E-state index in [2.05, 4.69) is 10.6 Å². The zero-order valence-electron chi connectivity index (χ0n) is 15.5. The standard InChI is InChI=1S/C16H30N4O5S/c1-4-9(2)13(18)15(23)19-10(5-6-12(17)21)14(22)20-11(16(24)25)7-8-26-3/h9-11,13H,4-8,18H2,1-3H3,(H2,17,21)(H,19,23)(H,20,22)(H,24,25). The lowest BCUT2D eigenvalue weighted by Gasteiger charge is -2.24. The molecule has 7 N–H and O–H groups in total. The van der Waals surface area contributed by atoms with Crippen LogP contribution in [0.25, 0.3) is 0 Å². The van der Waals surface area contributed by atoms with Crippen LogP contribution < -0.4 is 22.1 Å². The quantitative estimate of drug-likeness (QED) is 0.281. The van der Waals surface area contributed by atoms with Gasteiger partial charge in [0, 0.05) is 6.42 Å². The Kier molecular flexibility index (Phi) is 11.7. The zero-order valence-corrected chi connectivity index (χ0v) is 16.3. The smallest absolute Gasteiger partial charge is 0.326 e. The SMILES string of the molecule is CCC(C)C(N)C(=O)NC(CCC(N)=O)C(=O)NC(CCSC)C(=O)O. The van der Waals surface area contributed by atoms with Crippen molar-refractivity contribution in [3.63, 3.8) is 0 Å². The summed E-state index contributed by atoms with van der Waals surface area (Å²) in [6.45, 7) is 3.70. The molecule has 0 rings (SSSR count). The average molecular weight is 391 g/mol. The highest BCUT2D eigenvalue weighted by Crippen LogP contribution is 2.08. The van der Waals surface area contributed by atoms with Crippen molar-refractivity contribution in [2.75, 3.05) is 12.0 Å². The molecule has 9 nitrogen and oxygen atoms in total. The molecule has 3 amide bonds. The summed E-state index contributed by atoms with van der Waals surface area (Å²) < 4.78 is 0. The van der Waals surface area contributed by atoms with E-state index in [4.69, 9.17) is 11.5 Å². The molecule has 0 aliphatic carbocycles. The number of carboxylic acid groups (broad SMARTS) is 1. The first-order chi connectivity index (χ1) is 12.1. The van der Waals surface area contributed by atoms with Crippen molar-refractivity contribution in [3.8, 4) is 0 Å². The van der Waals surface area contributed by atoms with Crippen molar-refractivity contribution in [1.29, 1.82) is 0 Å². The monoisotopic (exact) mass is 390 g/mol. The van der Waals surface area contributed by atoms with E-state index in [-0.39, 0.29) is 25.2 Å². The van der Waals surface area contributed by atoms with Crippen molar-refractivity contribution in [1.82, 2.24) is 10.6 Å². The Morgan fingerprint density at radius 1 is 1.08 bits per heavy atom. The number of hydrogen-bond donors (Lipinski definition) is 5. The normalized spacial score (nSPS) is 15.4. The van der Waals surface area contributed by atoms with Crippen molar-refractivity contribution in [2.24, 2.45) is 17.4 Å². The van der Waals surface area contributed by atoms with E-state index in [0.717, 1.165) is 0 Å². The van der Waals surface area contributed by atoms with Gasteiger partial charge in [0.05, 0.1) is 6.04 Å². The first-order valence-corrected chi connectivity index (χ1v) is 9.89. The van der Waals surface area contributed by atoms with Gasteiger partial charge in [-0.1, -0.05) is 20.3 Å². The molecule has 0 heterocycles. The molecule has 0 saturated heterocycles. The number of carbonyl (C=O) groups is 4. The number of carbonyl (C=O) groups excluding carboxylic acids is 3. The third-order valence-corrected chi connectivity index (χ3v) is 4.74. The lowest BCUT2D eigenvalue weighted by molar-refractivity contribution is -0.142. The van der Waals surface area contributed by atoms with Gasteiger partial charge in [-0.25, -0.2) is 4.79 Å². The highest BCUT2D eigenvalue weighted by molar-refractivity contribution is 7.98. The van der Waals surface area contributed by atoms with Gasteiger partial charge in [0.2, 0.25) is 17.7 Å². The van der Waals surface area contributed by atoms with Gasteiger partial charge in [-0.3, -0.25) is 14.4 Å². The molecule has 26 heavy (non-hydrogen) atoms. The fourth-order valence-electron chi connectivity index (χ4n) is 2.10. The van der Waals surface area contributed by atoms with E-state index >= 15 is 0 Å². The summed E-state index contributed by atoms with van der Waals surface area (Å²) in [5, 5.41) is 14.1. The third-order valence-electron chi connectivity index (χ3n) is 4.10. The number of aliphatic carboxylic acids is 1. The Balaban J connectivity index is 5.08. The molecule has 0 radical (unpaired) electrons. The molecule has 4 unspecified atom stereocenters. The number of amides is 3. The van der Waals surface area contributed by atoms with Crippen molar-refractivity contribution in [3.05, 3.63) is 0 Å². The van der Waals surface area contributed by atoms with Crippen LogP contribution in [0.3, 0.4) is 0 Å². The van der Waals surface area contributed by atoms with Crippen molar-refractivity contribution >= 4 is 35.5 Å². The first kappa shape index (κ1) is 24.2. The van der Waals surface area contributed by atoms with Gasteiger partial charge in [0.1, 0.15) is 12.1 Å². The van der Waals surface area contributed by atoms with Gasteiger partial charge in [0.25, 0.3) is 0 Å². The minimum absolute atomic E-state index is 0.0327. The van der Waals surface area contributed by atoms with Gasteiger partial charge in [-0.15, -0.1) is 0 Å². The Hall–Kier alpha value is -1.81. The maximum Gasteiger partial charge on any atom is 0.326 e. The minimum Gasteiger partial charge on any atom is -0.480 e. The Morgan fingerprint density at radius 3 is 2.12 bits per heavy atom. The summed E-state index contributed by atoms with van der Waals surface area (Å²) >= 11 is 1.46. The second-order valence-electron chi connectivity index (χ2n) is 6.16. The van der Waals surface area contributed by atoms with E-state index in [9.17, 15) is 24.3 Å². The van der Waals surface area contributed by atoms with Crippen LogP contribution in [0, 0.1) is 5.92 Å². The Bertz CT molecular complexity index is 503. The van der Waals surface area contributed by atoms with Crippen molar-refractivity contribution in [2.45, 2.75) is 57.7 Å². The van der Waals surface area contributed by atoms with E-state index in [1.54, 1.807) is 0 Å². The van der Waals surface area contributed by atoms with E-state index in [1.165, 1.54) is 11.8 Å². The molecule has 150 valence electrons. The van der Waals surface area contributed by atoms with Gasteiger partial charge in [-0.2, -0.15) is 11.8 Å². The number of primary amides is 1. The molecule has 0 fully saturated rings. The number of carboxylic acids is 1. The molecule has 0 saturated carbocycles. The van der Waals surface area contributed by atoms with Crippen LogP contribution in [0.4, 0.5) is 0 Å². The molecule has 0 bridgehead atoms. The number of rotatable bonds is 13. The molecule has 10 heteroatoms. The van der Waals surface area contributed by atoms with Crippen molar-refractivity contribution < 1.29 is 24.3 Å². The molecule has 0 aromatic rings. The van der Waals surface area contributed by atoms with Crippen LogP contribution in [0.5, 0.6) is 0 Å². The van der Waals surface area contributed by atoms with E-state index in [0.29, 0.717) is 12.2 Å². The molecule has 0 aliphatic heterocycles. The minimum atomic E-state index is -1.16. The van der Waals surface area contributed by atoms with Gasteiger partial charge < -0.3 is 27.2 Å². The summed E-state index contributed by atoms with van der Waals surface area (Å²) in [5.41, 5.74) is 11.0. The molecule has 0 aromatic carbocycles. The molecule has 0 aromatic heterocycles. The first-order valence-electron chi connectivity index (χ1n) is 8.50. The Morgan fingerprint density at radius 2 is 1.65 bits per heavy atom. The summed E-state index contributed by atoms with van der Waals surface area (Å²) in [6, 6.07) is -2.97. The predicted molar refractivity (Wildman–Crippen MR) is 100 cm³/mol. The Labute approximate surface area is 158 Å². The summed E-state index contributed by atoms with van der Waals surface area (Å²) in [5.74, 6) is -2.54. The zero-order chi connectivity index (χ0) is 20.3. The molecule has 0 spiro atoms. The average Bonchev–Trinajstić information content (AvgIpc) is 2.59. The molecular formula is C16H30N4O5S. The second-order valence-corrected chi connectivity index (χ2v) is 7.14. The van der Waals surface area contributed by atoms with E-state index < -0.39 is 41.8 Å². The van der Waals surface area contributed by atoms with Gasteiger partial charge >= 0.3 is 5.97 Å². The molecular weight excluding hydrogens is 360 g/mol. The van der Waals surface area contributed by atoms with Crippen LogP contribution in [0.15, 0.2) is 0 Å². The topological polar surface area (TPSA) is 165 Å². The highest BCUT2D eigenvalue weighted by Gasteiger charge is 2.29. The number of hydrogen-bond acceptors (Lipinski definition) is 6. The summed E-state index contributed by atoms with van der Waals surface area (Å²) in [4.78, 5) is 47.0. The fourth-order valence-corrected chi connectivity index (χ4v) is 2.57. The molecule has 4 atom stereocenters. The van der Waals surface area contributed by atoms with Crippen LogP contribution in [0.1, 0.15) is 39.5 Å². The highest BCUT2D eigenvalue weighted by atomic mass is 32.2. The predicted octanol–water partition coefficient (Wildman–Crippen LogP) is -0.567. The third kappa shape index (κ3) is 9.04. The summed E-state index contributed by atoms with van der Waals surface area (Å²) in [7, 11) is 0. The number of thioether (sulfide) groups is 1. The van der Waals surface area contributed by atoms with Crippen LogP contribution >= 0.6 is 11.8 Å². The van der Waals surface area contributed by atoms with Gasteiger partial charge in [0.15, 0.2) is 0 Å². The van der Waals surface area contributed by atoms with Crippen LogP contribution in [0.2, 0.25) is 0 Å². The molecule has 0 aliphatic rings. The lowest BCUT2D eigenvalue weighted by atomic mass is 9.98. The fraction of sp³-hybridized carbons (Fsp3) is 0.750. The lowest BCUT2D eigenvalue weighted by Crippen LogP contribution is -2.55. The van der Waals surface area contributed by atoms with Gasteiger partial charge in [-0.05, 0) is 30.8 Å². The number of nitrogens with two attached hydrogens (primary N) is 2. The second kappa shape index (κ2) is 12.5. The maximum atomic E-state index is 12.4. The maximum absolute atomic E-state index is 12.4. The van der Waals surface area contributed by atoms with E-state index in [1.807, 2.05) is 20.1 Å². The van der Waals surface area contributed by atoms with Crippen LogP contribution in [-0.4, -0.2) is 58.9 Å². The number of nitrogens with one attached hydrogen (secondary N) is 2. The largest absolute Gasteiger partial charge is 0.480 e.